The number of aromatic carboxylic acids is 1. The number of carboxylic acids is 1. The van der Waals surface area contributed by atoms with Crippen molar-refractivity contribution in [3.8, 4) is 0 Å². The second kappa shape index (κ2) is 2.83. The van der Waals surface area contributed by atoms with E-state index in [4.69, 9.17) is 5.73 Å². The number of anilines is 1. The molecule has 0 aliphatic rings. The van der Waals surface area contributed by atoms with E-state index < -0.39 is 5.97 Å². The second-order valence-corrected chi connectivity index (χ2v) is 2.53. The normalized spacial score (nSPS) is 9.55. The molecule has 11 heavy (non-hydrogen) atoms. The van der Waals surface area contributed by atoms with Crippen molar-refractivity contribution in [2.75, 3.05) is 5.73 Å². The van der Waals surface area contributed by atoms with Gasteiger partial charge in [-0.3, -0.25) is 0 Å². The molecule has 1 aromatic rings. The maximum Gasteiger partial charge on any atom is 0.151 e. The molecule has 0 spiro atoms. The minimum Gasteiger partial charge on any atom is -0.543 e. The Kier molecular flexibility index (Phi) is 2.04. The zero-order chi connectivity index (χ0) is 8.43. The van der Waals surface area contributed by atoms with Crippen LogP contribution in [-0.2, 0) is 0 Å². The van der Waals surface area contributed by atoms with Crippen molar-refractivity contribution in [2.45, 2.75) is 0 Å². The Balaban J connectivity index is 3.23. The van der Waals surface area contributed by atoms with Crippen molar-refractivity contribution in [3.05, 3.63) is 16.5 Å². The second-order valence-electron chi connectivity index (χ2n) is 1.71. The Morgan fingerprint density at radius 1 is 1.73 bits per heavy atom. The van der Waals surface area contributed by atoms with Crippen molar-refractivity contribution in [3.63, 3.8) is 0 Å². The Bertz CT molecular complexity index is 302. The molecule has 0 unspecified atom stereocenters. The smallest absolute Gasteiger partial charge is 0.151 e. The lowest BCUT2D eigenvalue weighted by atomic mass is 10.4. The topological polar surface area (TPSA) is 91.9 Å². The van der Waals surface area contributed by atoms with Gasteiger partial charge in [0.15, 0.2) is 5.82 Å². The number of rotatable bonds is 1. The fourth-order valence-electron chi connectivity index (χ4n) is 0.527. The molecule has 0 bridgehead atoms. The van der Waals surface area contributed by atoms with Crippen LogP contribution in [0.4, 0.5) is 5.82 Å². The molecule has 0 saturated heterocycles. The van der Waals surface area contributed by atoms with Crippen LogP contribution in [0.25, 0.3) is 0 Å². The highest BCUT2D eigenvalue weighted by Crippen LogP contribution is 2.08. The molecular formula is C5H3BrN3O2-. The van der Waals surface area contributed by atoms with Crippen LogP contribution in [0.5, 0.6) is 0 Å². The highest BCUT2D eigenvalue weighted by atomic mass is 79.9. The molecule has 0 atom stereocenters. The summed E-state index contributed by atoms with van der Waals surface area (Å²) in [6.45, 7) is 0. The summed E-state index contributed by atoms with van der Waals surface area (Å²) in [5, 5.41) is 10.3. The van der Waals surface area contributed by atoms with E-state index in [1.165, 1.54) is 6.20 Å². The minimum atomic E-state index is -1.43. The first-order valence-corrected chi connectivity index (χ1v) is 3.40. The number of aromatic nitrogens is 2. The lowest BCUT2D eigenvalue weighted by Crippen LogP contribution is -2.25. The van der Waals surface area contributed by atoms with E-state index >= 15 is 0 Å². The molecule has 1 heterocycles. The molecule has 0 radical (unpaired) electrons. The third kappa shape index (κ3) is 1.64. The summed E-state index contributed by atoms with van der Waals surface area (Å²) < 4.78 is 0.311. The lowest BCUT2D eigenvalue weighted by Gasteiger charge is -2.03. The number of nitrogen functional groups attached to an aromatic ring is 1. The van der Waals surface area contributed by atoms with E-state index in [2.05, 4.69) is 25.9 Å². The average Bonchev–Trinajstić information content (AvgIpc) is 1.94. The van der Waals surface area contributed by atoms with Gasteiger partial charge in [0.1, 0.15) is 10.3 Å². The molecule has 6 heteroatoms. The van der Waals surface area contributed by atoms with Gasteiger partial charge in [0.25, 0.3) is 0 Å². The fraction of sp³-hybridized carbons (Fsp3) is 0. The summed E-state index contributed by atoms with van der Waals surface area (Å²) in [6, 6.07) is 0. The van der Waals surface area contributed by atoms with Crippen LogP contribution in [0.2, 0.25) is 0 Å². The van der Waals surface area contributed by atoms with Gasteiger partial charge in [-0.15, -0.1) is 0 Å². The summed E-state index contributed by atoms with van der Waals surface area (Å²) >= 11 is 2.94. The number of carboxylic acid groups (broad SMARTS) is 1. The van der Waals surface area contributed by atoms with Crippen LogP contribution < -0.4 is 10.8 Å². The number of carbonyl (C=O) groups excluding carboxylic acids is 1. The molecule has 58 valence electrons. The average molecular weight is 217 g/mol. The molecular weight excluding hydrogens is 214 g/mol. The number of hydrogen-bond donors (Lipinski definition) is 1. The Hall–Kier alpha value is -1.17. The predicted molar refractivity (Wildman–Crippen MR) is 38.5 cm³/mol. The van der Waals surface area contributed by atoms with Crippen LogP contribution in [0.3, 0.4) is 0 Å². The van der Waals surface area contributed by atoms with Crippen LogP contribution in [0.1, 0.15) is 10.5 Å². The summed E-state index contributed by atoms with van der Waals surface area (Å²) in [5.41, 5.74) is 4.83. The molecule has 0 aliphatic heterocycles. The summed E-state index contributed by atoms with van der Waals surface area (Å²) in [4.78, 5) is 17.3. The van der Waals surface area contributed by atoms with E-state index in [9.17, 15) is 9.90 Å². The number of hydrogen-bond acceptors (Lipinski definition) is 5. The fourth-order valence-corrected chi connectivity index (χ4v) is 0.807. The van der Waals surface area contributed by atoms with Gasteiger partial charge < -0.3 is 15.6 Å². The standard InChI is InChI=1S/C5H4BrN3O2/c6-2-1-8-4(7)3(9-2)5(10)11/h1H,(H2,7,8)(H,10,11)/p-1. The van der Waals surface area contributed by atoms with Gasteiger partial charge in [-0.05, 0) is 15.9 Å². The molecule has 1 aromatic heterocycles. The first-order chi connectivity index (χ1) is 5.11. The van der Waals surface area contributed by atoms with Gasteiger partial charge in [0.2, 0.25) is 0 Å². The van der Waals surface area contributed by atoms with Crippen LogP contribution in [0.15, 0.2) is 10.8 Å². The van der Waals surface area contributed by atoms with Gasteiger partial charge >= 0.3 is 0 Å². The van der Waals surface area contributed by atoms with Crippen LogP contribution in [-0.4, -0.2) is 15.9 Å². The maximum absolute atomic E-state index is 10.3. The van der Waals surface area contributed by atoms with Crippen molar-refractivity contribution in [1.29, 1.82) is 0 Å². The largest absolute Gasteiger partial charge is 0.543 e. The van der Waals surface area contributed by atoms with Crippen molar-refractivity contribution >= 4 is 27.7 Å². The summed E-state index contributed by atoms with van der Waals surface area (Å²) in [7, 11) is 0. The molecule has 0 amide bonds. The third-order valence-corrected chi connectivity index (χ3v) is 1.35. The van der Waals surface area contributed by atoms with Crippen molar-refractivity contribution in [1.82, 2.24) is 9.97 Å². The van der Waals surface area contributed by atoms with Gasteiger partial charge in [-0.2, -0.15) is 0 Å². The molecule has 0 aromatic carbocycles. The Morgan fingerprint density at radius 2 is 2.36 bits per heavy atom. The maximum atomic E-state index is 10.3. The van der Waals surface area contributed by atoms with Crippen LogP contribution in [0, 0.1) is 0 Å². The lowest BCUT2D eigenvalue weighted by molar-refractivity contribution is -0.255. The number of nitrogens with zero attached hydrogens (tertiary/aromatic N) is 2. The van der Waals surface area contributed by atoms with Crippen molar-refractivity contribution in [2.24, 2.45) is 0 Å². The van der Waals surface area contributed by atoms with Gasteiger partial charge in [-0.1, -0.05) is 0 Å². The Morgan fingerprint density at radius 3 is 2.82 bits per heavy atom. The summed E-state index contributed by atoms with van der Waals surface area (Å²) in [5.74, 6) is -1.58. The molecule has 5 nitrogen and oxygen atoms in total. The van der Waals surface area contributed by atoms with E-state index in [0.29, 0.717) is 4.60 Å². The molecule has 0 saturated carbocycles. The predicted octanol–water partition coefficient (Wildman–Crippen LogP) is -0.815. The minimum absolute atomic E-state index is 0.145. The third-order valence-electron chi connectivity index (χ3n) is 0.965. The van der Waals surface area contributed by atoms with Gasteiger partial charge in [0, 0.05) is 0 Å². The SMILES string of the molecule is Nc1ncc(Br)nc1C(=O)[O-]. The van der Waals surface area contributed by atoms with Crippen molar-refractivity contribution < 1.29 is 9.90 Å². The summed E-state index contributed by atoms with van der Waals surface area (Å²) in [6.07, 6.45) is 1.31. The quantitative estimate of drug-likeness (QED) is 0.663. The van der Waals surface area contributed by atoms with E-state index in [1.54, 1.807) is 0 Å². The zero-order valence-electron chi connectivity index (χ0n) is 5.24. The number of nitrogens with two attached hydrogens (primary N) is 1. The van der Waals surface area contributed by atoms with E-state index in [1.807, 2.05) is 0 Å². The first kappa shape index (κ1) is 7.93. The highest BCUT2D eigenvalue weighted by molar-refractivity contribution is 9.10. The first-order valence-electron chi connectivity index (χ1n) is 2.60. The van der Waals surface area contributed by atoms with Crippen LogP contribution >= 0.6 is 15.9 Å². The van der Waals surface area contributed by atoms with E-state index in [-0.39, 0.29) is 11.5 Å². The Labute approximate surface area is 70.4 Å². The monoisotopic (exact) mass is 216 g/mol. The molecule has 2 N–H and O–H groups in total. The molecule has 0 fully saturated rings. The number of halogens is 1. The molecule has 1 rings (SSSR count). The highest BCUT2D eigenvalue weighted by Gasteiger charge is 2.02. The van der Waals surface area contributed by atoms with Gasteiger partial charge in [0.05, 0.1) is 12.2 Å². The van der Waals surface area contributed by atoms with Gasteiger partial charge in [-0.25, -0.2) is 9.97 Å². The zero-order valence-corrected chi connectivity index (χ0v) is 6.83. The molecule has 0 aliphatic carbocycles. The van der Waals surface area contributed by atoms with E-state index in [0.717, 1.165) is 0 Å². The number of carbonyl (C=O) groups is 1.